The number of thiophene rings is 1. The van der Waals surface area contributed by atoms with E-state index in [4.69, 9.17) is 6.42 Å². The molecule has 2 amide bonds. The van der Waals surface area contributed by atoms with Gasteiger partial charge >= 0.3 is 0 Å². The quantitative estimate of drug-likeness (QED) is 0.716. The minimum absolute atomic E-state index is 0.0571. The molecule has 0 bridgehead atoms. The molecule has 5 heteroatoms. The van der Waals surface area contributed by atoms with E-state index in [0.29, 0.717) is 4.88 Å². The molecule has 15 heavy (non-hydrogen) atoms. The van der Waals surface area contributed by atoms with Gasteiger partial charge in [0.15, 0.2) is 0 Å². The fourth-order valence-electron chi connectivity index (χ4n) is 0.868. The molecule has 1 aromatic heterocycles. The van der Waals surface area contributed by atoms with E-state index < -0.39 is 0 Å². The van der Waals surface area contributed by atoms with Crippen LogP contribution >= 0.6 is 11.3 Å². The van der Waals surface area contributed by atoms with Crippen LogP contribution in [0.25, 0.3) is 0 Å². The Kier molecular flexibility index (Phi) is 4.38. The van der Waals surface area contributed by atoms with Gasteiger partial charge in [-0.05, 0) is 11.4 Å². The van der Waals surface area contributed by atoms with Gasteiger partial charge < -0.3 is 10.6 Å². The van der Waals surface area contributed by atoms with Crippen LogP contribution in [-0.4, -0.2) is 24.9 Å². The van der Waals surface area contributed by atoms with Crippen molar-refractivity contribution in [3.05, 3.63) is 22.4 Å². The normalized spacial score (nSPS) is 9.00. The summed E-state index contributed by atoms with van der Waals surface area (Å²) in [6.07, 6.45) is 4.96. The van der Waals surface area contributed by atoms with Crippen LogP contribution in [0.2, 0.25) is 0 Å². The number of hydrogen-bond donors (Lipinski definition) is 2. The number of carbonyl (C=O) groups is 2. The lowest BCUT2D eigenvalue weighted by Gasteiger charge is -2.02. The molecule has 1 heterocycles. The van der Waals surface area contributed by atoms with E-state index in [0.717, 1.165) is 0 Å². The Morgan fingerprint density at radius 1 is 1.47 bits per heavy atom. The van der Waals surface area contributed by atoms with E-state index in [1.165, 1.54) is 11.3 Å². The third kappa shape index (κ3) is 3.83. The van der Waals surface area contributed by atoms with Gasteiger partial charge in [-0.15, -0.1) is 17.8 Å². The summed E-state index contributed by atoms with van der Waals surface area (Å²) in [5, 5.41) is 6.73. The third-order valence-corrected chi connectivity index (χ3v) is 2.41. The van der Waals surface area contributed by atoms with Gasteiger partial charge in [0.25, 0.3) is 5.91 Å². The van der Waals surface area contributed by atoms with Gasteiger partial charge in [0, 0.05) is 0 Å². The van der Waals surface area contributed by atoms with Crippen LogP contribution in [-0.2, 0) is 4.79 Å². The second-order valence-corrected chi connectivity index (χ2v) is 3.59. The van der Waals surface area contributed by atoms with Gasteiger partial charge in [0.1, 0.15) is 0 Å². The van der Waals surface area contributed by atoms with Gasteiger partial charge in [-0.2, -0.15) is 0 Å². The van der Waals surface area contributed by atoms with Crippen molar-refractivity contribution in [2.45, 2.75) is 0 Å². The van der Waals surface area contributed by atoms with Crippen molar-refractivity contribution in [3.63, 3.8) is 0 Å². The van der Waals surface area contributed by atoms with E-state index >= 15 is 0 Å². The molecule has 4 nitrogen and oxygen atoms in total. The molecule has 2 N–H and O–H groups in total. The molecule has 0 atom stereocenters. The number of hydrogen-bond acceptors (Lipinski definition) is 3. The lowest BCUT2D eigenvalue weighted by molar-refractivity contribution is -0.119. The zero-order valence-electron chi connectivity index (χ0n) is 7.95. The number of amides is 2. The van der Waals surface area contributed by atoms with Crippen molar-refractivity contribution in [1.82, 2.24) is 10.6 Å². The minimum Gasteiger partial charge on any atom is -0.344 e. The zero-order chi connectivity index (χ0) is 11.1. The predicted molar refractivity (Wildman–Crippen MR) is 58.5 cm³/mol. The van der Waals surface area contributed by atoms with Crippen LogP contribution < -0.4 is 10.6 Å². The van der Waals surface area contributed by atoms with Gasteiger partial charge in [-0.25, -0.2) is 0 Å². The number of carbonyl (C=O) groups excluding carboxylic acids is 2. The standard InChI is InChI=1S/C10H10N2O2S/c1-2-5-11-9(13)7-12-10(14)8-4-3-6-15-8/h1,3-4,6H,5,7H2,(H,11,13)(H,12,14). The average molecular weight is 222 g/mol. The summed E-state index contributed by atoms with van der Waals surface area (Å²) >= 11 is 1.32. The molecule has 0 unspecified atom stereocenters. The first-order valence-electron chi connectivity index (χ1n) is 4.26. The molecule has 1 aromatic rings. The summed E-state index contributed by atoms with van der Waals surface area (Å²) in [4.78, 5) is 23.0. The van der Waals surface area contributed by atoms with Crippen LogP contribution in [0, 0.1) is 12.3 Å². The van der Waals surface area contributed by atoms with Crippen LogP contribution in [0.3, 0.4) is 0 Å². The fraction of sp³-hybridized carbons (Fsp3) is 0.200. The van der Waals surface area contributed by atoms with Crippen molar-refractivity contribution >= 4 is 23.2 Å². The minimum atomic E-state index is -0.294. The molecular formula is C10H10N2O2S. The molecule has 0 radical (unpaired) electrons. The van der Waals surface area contributed by atoms with Crippen molar-refractivity contribution in [2.24, 2.45) is 0 Å². The molecule has 0 aliphatic heterocycles. The molecule has 0 saturated heterocycles. The highest BCUT2D eigenvalue weighted by Gasteiger charge is 2.07. The Bertz CT molecular complexity index is 379. The average Bonchev–Trinajstić information content (AvgIpc) is 2.76. The molecule has 0 aliphatic rings. The largest absolute Gasteiger partial charge is 0.344 e. The Hall–Kier alpha value is -1.80. The van der Waals surface area contributed by atoms with Crippen LogP contribution in [0.4, 0.5) is 0 Å². The Morgan fingerprint density at radius 3 is 2.87 bits per heavy atom. The highest BCUT2D eigenvalue weighted by Crippen LogP contribution is 2.07. The van der Waals surface area contributed by atoms with Gasteiger partial charge in [0.2, 0.25) is 5.91 Å². The van der Waals surface area contributed by atoms with Gasteiger partial charge in [0.05, 0.1) is 18.0 Å². The molecule has 78 valence electrons. The molecular weight excluding hydrogens is 212 g/mol. The van der Waals surface area contributed by atoms with Crippen molar-refractivity contribution in [3.8, 4) is 12.3 Å². The maximum atomic E-state index is 11.4. The third-order valence-electron chi connectivity index (χ3n) is 1.54. The lowest BCUT2D eigenvalue weighted by Crippen LogP contribution is -2.36. The second kappa shape index (κ2) is 5.83. The molecule has 1 rings (SSSR count). The Balaban J connectivity index is 2.29. The summed E-state index contributed by atoms with van der Waals surface area (Å²) in [7, 11) is 0. The first-order valence-corrected chi connectivity index (χ1v) is 5.14. The lowest BCUT2D eigenvalue weighted by atomic mass is 10.4. The first kappa shape index (κ1) is 11.3. The van der Waals surface area contributed by atoms with E-state index in [1.54, 1.807) is 17.5 Å². The van der Waals surface area contributed by atoms with Crippen LogP contribution in [0.1, 0.15) is 9.67 Å². The summed E-state index contributed by atoms with van der Waals surface area (Å²) in [5.74, 6) is 1.73. The van der Waals surface area contributed by atoms with Crippen molar-refractivity contribution < 1.29 is 9.59 Å². The van der Waals surface area contributed by atoms with Crippen LogP contribution in [0.15, 0.2) is 17.5 Å². The number of terminal acetylenes is 1. The van der Waals surface area contributed by atoms with Gasteiger partial charge in [-0.1, -0.05) is 12.0 Å². The topological polar surface area (TPSA) is 58.2 Å². The molecule has 0 aromatic carbocycles. The maximum Gasteiger partial charge on any atom is 0.261 e. The molecule has 0 aliphatic carbocycles. The maximum absolute atomic E-state index is 11.4. The summed E-state index contributed by atoms with van der Waals surface area (Å²) in [5.41, 5.74) is 0. The first-order chi connectivity index (χ1) is 7.24. The summed E-state index contributed by atoms with van der Waals surface area (Å²) in [6.45, 7) is 0.117. The van der Waals surface area contributed by atoms with E-state index in [1.807, 2.05) is 0 Å². The van der Waals surface area contributed by atoms with Crippen molar-refractivity contribution in [2.75, 3.05) is 13.1 Å². The zero-order valence-corrected chi connectivity index (χ0v) is 8.76. The Labute approximate surface area is 91.7 Å². The van der Waals surface area contributed by atoms with E-state index in [9.17, 15) is 9.59 Å². The monoisotopic (exact) mass is 222 g/mol. The highest BCUT2D eigenvalue weighted by molar-refractivity contribution is 7.12. The van der Waals surface area contributed by atoms with E-state index in [-0.39, 0.29) is 24.9 Å². The Morgan fingerprint density at radius 2 is 2.27 bits per heavy atom. The summed E-state index contributed by atoms with van der Waals surface area (Å²) < 4.78 is 0. The fourth-order valence-corrected chi connectivity index (χ4v) is 1.51. The van der Waals surface area contributed by atoms with Crippen molar-refractivity contribution in [1.29, 1.82) is 0 Å². The molecule has 0 spiro atoms. The summed E-state index contributed by atoms with van der Waals surface area (Å²) in [6, 6.07) is 3.47. The molecule has 0 fully saturated rings. The number of nitrogens with one attached hydrogen (secondary N) is 2. The second-order valence-electron chi connectivity index (χ2n) is 2.64. The van der Waals surface area contributed by atoms with Gasteiger partial charge in [-0.3, -0.25) is 9.59 Å². The predicted octanol–water partition coefficient (Wildman–Crippen LogP) is 0.227. The smallest absolute Gasteiger partial charge is 0.261 e. The highest BCUT2D eigenvalue weighted by atomic mass is 32.1. The molecule has 0 saturated carbocycles. The van der Waals surface area contributed by atoms with E-state index in [2.05, 4.69) is 16.6 Å². The van der Waals surface area contributed by atoms with Crippen LogP contribution in [0.5, 0.6) is 0 Å². The number of rotatable bonds is 4. The SMILES string of the molecule is C#CCNC(=O)CNC(=O)c1cccs1.